The zero-order chi connectivity index (χ0) is 15.4. The lowest BCUT2D eigenvalue weighted by Gasteiger charge is -2.13. The molecule has 4 nitrogen and oxygen atoms in total. The lowest BCUT2D eigenvalue weighted by Crippen LogP contribution is -2.20. The van der Waals surface area contributed by atoms with Gasteiger partial charge in [0, 0.05) is 0 Å². The Bertz CT molecular complexity index is 248. The highest BCUT2D eigenvalue weighted by Crippen LogP contribution is 2.11. The molecule has 0 N–H and O–H groups in total. The third-order valence-corrected chi connectivity index (χ3v) is 7.22. The highest BCUT2D eigenvalue weighted by atomic mass is 28.2. The minimum Gasteiger partial charge on any atom is -0.525 e. The van der Waals surface area contributed by atoms with E-state index in [2.05, 4.69) is 0 Å². The summed E-state index contributed by atoms with van der Waals surface area (Å²) >= 11 is 0. The Morgan fingerprint density at radius 2 is 1.05 bits per heavy atom. The Balaban J connectivity index is 3.63. The molecule has 0 aromatic rings. The Hall–Kier alpha value is -0.626. The summed E-state index contributed by atoms with van der Waals surface area (Å²) in [6.07, 6.45) is 3.41. The van der Waals surface area contributed by atoms with E-state index in [-0.39, 0.29) is 23.8 Å². The van der Waals surface area contributed by atoms with Crippen LogP contribution in [0.5, 0.6) is 0 Å². The molecule has 0 aliphatic rings. The van der Waals surface area contributed by atoms with Crippen LogP contribution >= 0.6 is 0 Å². The average Bonchev–Trinajstić information content (AvgIpc) is 2.45. The van der Waals surface area contributed by atoms with Gasteiger partial charge in [-0.1, -0.05) is 27.7 Å². The molecule has 20 heavy (non-hydrogen) atoms. The normalized spacial score (nSPS) is 12.1. The topological polar surface area (TPSA) is 52.6 Å². The molecule has 0 unspecified atom stereocenters. The molecule has 0 heterocycles. The van der Waals surface area contributed by atoms with Crippen molar-refractivity contribution in [2.24, 2.45) is 11.8 Å². The van der Waals surface area contributed by atoms with Gasteiger partial charge in [0.1, 0.15) is 0 Å². The second-order valence-corrected chi connectivity index (χ2v) is 7.88. The van der Waals surface area contributed by atoms with E-state index in [1.807, 2.05) is 27.7 Å². The summed E-state index contributed by atoms with van der Waals surface area (Å²) in [7, 11) is -1.56. The predicted molar refractivity (Wildman–Crippen MR) is 87.0 cm³/mol. The van der Waals surface area contributed by atoms with Gasteiger partial charge in [0.2, 0.25) is 19.5 Å². The van der Waals surface area contributed by atoms with Crippen LogP contribution in [-0.4, -0.2) is 31.5 Å². The first kappa shape index (κ1) is 19.4. The Labute approximate surface area is 127 Å². The molecule has 6 heteroatoms. The molecule has 0 spiro atoms. The molecular weight excluding hydrogens is 288 g/mol. The molecule has 0 aromatic heterocycles. The van der Waals surface area contributed by atoms with Crippen molar-refractivity contribution in [3.63, 3.8) is 0 Å². The van der Waals surface area contributed by atoms with Gasteiger partial charge in [-0.25, -0.2) is 0 Å². The van der Waals surface area contributed by atoms with Crippen LogP contribution in [-0.2, 0) is 18.4 Å². The van der Waals surface area contributed by atoms with Crippen LogP contribution in [0, 0.1) is 11.8 Å². The summed E-state index contributed by atoms with van der Waals surface area (Å²) in [4.78, 5) is 23.3. The smallest absolute Gasteiger partial charge is 0.295 e. The van der Waals surface area contributed by atoms with Crippen LogP contribution in [0.3, 0.4) is 0 Å². The fourth-order valence-corrected chi connectivity index (χ4v) is 4.82. The summed E-state index contributed by atoms with van der Waals surface area (Å²) in [6.45, 7) is 8.06. The van der Waals surface area contributed by atoms with E-state index in [4.69, 9.17) is 8.85 Å². The summed E-state index contributed by atoms with van der Waals surface area (Å²) < 4.78 is 10.7. The van der Waals surface area contributed by atoms with Crippen molar-refractivity contribution >= 4 is 31.5 Å². The molecule has 0 saturated carbocycles. The summed E-state index contributed by atoms with van der Waals surface area (Å²) in [6, 6.07) is 1.88. The summed E-state index contributed by atoms with van der Waals surface area (Å²) in [5.41, 5.74) is 0. The lowest BCUT2D eigenvalue weighted by atomic mass is 10.0. The molecule has 0 rings (SSSR count). The van der Waals surface area contributed by atoms with Crippen LogP contribution in [0.15, 0.2) is 0 Å². The number of hydrogen-bond donors (Lipinski definition) is 0. The van der Waals surface area contributed by atoms with Crippen molar-refractivity contribution < 1.29 is 18.4 Å². The van der Waals surface area contributed by atoms with Crippen molar-refractivity contribution in [1.29, 1.82) is 0 Å². The molecular formula is C14H30O4Si2. The van der Waals surface area contributed by atoms with E-state index in [1.54, 1.807) is 0 Å². The molecule has 0 aliphatic heterocycles. The number of rotatable bonds is 11. The maximum Gasteiger partial charge on any atom is 0.295 e. The van der Waals surface area contributed by atoms with Crippen LogP contribution in [0.25, 0.3) is 0 Å². The van der Waals surface area contributed by atoms with E-state index in [0.29, 0.717) is 0 Å². The van der Waals surface area contributed by atoms with Gasteiger partial charge < -0.3 is 8.85 Å². The van der Waals surface area contributed by atoms with E-state index in [1.165, 1.54) is 0 Å². The van der Waals surface area contributed by atoms with Crippen molar-refractivity contribution in [2.75, 3.05) is 0 Å². The Morgan fingerprint density at radius 3 is 1.30 bits per heavy atom. The maximum absolute atomic E-state index is 11.7. The third kappa shape index (κ3) is 7.84. The van der Waals surface area contributed by atoms with Crippen LogP contribution in [0.4, 0.5) is 0 Å². The van der Waals surface area contributed by atoms with Crippen molar-refractivity contribution in [3.05, 3.63) is 0 Å². The van der Waals surface area contributed by atoms with E-state index in [9.17, 15) is 9.59 Å². The first-order chi connectivity index (χ1) is 9.60. The number of carbonyl (C=O) groups excluding carboxylic acids is 2. The van der Waals surface area contributed by atoms with E-state index >= 15 is 0 Å². The quantitative estimate of drug-likeness (QED) is 0.431. The number of hydrogen-bond acceptors (Lipinski definition) is 4. The van der Waals surface area contributed by atoms with Crippen LogP contribution in [0.2, 0.25) is 12.1 Å². The van der Waals surface area contributed by atoms with Gasteiger partial charge in [-0.2, -0.15) is 0 Å². The zero-order valence-electron chi connectivity index (χ0n) is 13.4. The van der Waals surface area contributed by atoms with Crippen molar-refractivity contribution in [1.82, 2.24) is 0 Å². The highest BCUT2D eigenvalue weighted by molar-refractivity contribution is 6.37. The van der Waals surface area contributed by atoms with Crippen molar-refractivity contribution in [3.8, 4) is 0 Å². The monoisotopic (exact) mass is 318 g/mol. The molecule has 0 atom stereocenters. The molecule has 0 saturated heterocycles. The van der Waals surface area contributed by atoms with Crippen LogP contribution < -0.4 is 0 Å². The lowest BCUT2D eigenvalue weighted by molar-refractivity contribution is -0.140. The summed E-state index contributed by atoms with van der Waals surface area (Å²) in [5.74, 6) is 0.0644. The van der Waals surface area contributed by atoms with E-state index in [0.717, 1.165) is 37.8 Å². The fraction of sp³-hybridized carbons (Fsp3) is 0.857. The third-order valence-electron chi connectivity index (χ3n) is 3.67. The van der Waals surface area contributed by atoms with Gasteiger partial charge in [0.05, 0.1) is 11.8 Å². The van der Waals surface area contributed by atoms with Gasteiger partial charge in [0.25, 0.3) is 11.9 Å². The zero-order valence-corrected chi connectivity index (χ0v) is 16.3. The highest BCUT2D eigenvalue weighted by Gasteiger charge is 2.16. The van der Waals surface area contributed by atoms with Gasteiger partial charge in [-0.15, -0.1) is 0 Å². The predicted octanol–water partition coefficient (Wildman–Crippen LogP) is 1.95. The van der Waals surface area contributed by atoms with Crippen LogP contribution in [0.1, 0.15) is 53.4 Å². The molecule has 0 aromatic carbocycles. The molecule has 0 amide bonds. The minimum absolute atomic E-state index is 0.0302. The summed E-state index contributed by atoms with van der Waals surface area (Å²) in [5, 5.41) is 0. The second kappa shape index (κ2) is 12.1. The fourth-order valence-electron chi connectivity index (χ4n) is 2.03. The SMILES string of the molecule is CCC(CC)C(=O)O[SiH2]CC[SiH2]OC(=O)C(CC)CC. The first-order valence-electron chi connectivity index (χ1n) is 7.93. The van der Waals surface area contributed by atoms with Gasteiger partial charge in [-0.3, -0.25) is 9.59 Å². The standard InChI is InChI=1S/C14H30O4Si2/c1-5-11(6-2)13(15)17-19-9-10-20-18-14(16)12(7-3)8-4/h11-12H,5-10,19-20H2,1-4H3. The Kier molecular flexibility index (Phi) is 11.8. The number of carbonyl (C=O) groups is 2. The van der Waals surface area contributed by atoms with Gasteiger partial charge in [0.15, 0.2) is 0 Å². The largest absolute Gasteiger partial charge is 0.525 e. The molecule has 0 bridgehead atoms. The first-order valence-corrected chi connectivity index (χ1v) is 11.1. The van der Waals surface area contributed by atoms with Gasteiger partial charge >= 0.3 is 0 Å². The molecule has 118 valence electrons. The molecule has 0 radical (unpaired) electrons. The van der Waals surface area contributed by atoms with Crippen molar-refractivity contribution in [2.45, 2.75) is 65.5 Å². The average molecular weight is 319 g/mol. The van der Waals surface area contributed by atoms with Gasteiger partial charge in [-0.05, 0) is 37.8 Å². The Morgan fingerprint density at radius 1 is 0.750 bits per heavy atom. The molecule has 0 fully saturated rings. The maximum atomic E-state index is 11.7. The second-order valence-electron chi connectivity index (χ2n) is 5.07. The molecule has 0 aliphatic carbocycles. The minimum atomic E-state index is -0.778. The van der Waals surface area contributed by atoms with E-state index < -0.39 is 19.5 Å².